The average Bonchev–Trinajstić information content (AvgIpc) is 2.02. The lowest BCUT2D eigenvalue weighted by Gasteiger charge is -2.29. The number of ether oxygens (including phenoxy) is 1. The molecule has 0 aliphatic heterocycles. The van der Waals surface area contributed by atoms with Crippen LogP contribution in [0.4, 0.5) is 0 Å². The Bertz CT molecular complexity index is 138. The molecule has 0 amide bonds. The SMILES string of the molecule is CC(C)(C)OC[C@H]1CC[C@H](C)CC1. The van der Waals surface area contributed by atoms with Crippen molar-refractivity contribution >= 4 is 0 Å². The van der Waals surface area contributed by atoms with Gasteiger partial charge < -0.3 is 4.74 Å². The molecule has 1 saturated carbocycles. The van der Waals surface area contributed by atoms with Crippen molar-refractivity contribution in [1.82, 2.24) is 0 Å². The van der Waals surface area contributed by atoms with E-state index in [4.69, 9.17) is 4.74 Å². The molecule has 0 N–H and O–H groups in total. The molecule has 0 spiro atoms. The topological polar surface area (TPSA) is 9.23 Å². The van der Waals surface area contributed by atoms with E-state index in [1.165, 1.54) is 25.7 Å². The van der Waals surface area contributed by atoms with Crippen LogP contribution in [0.2, 0.25) is 0 Å². The quantitative estimate of drug-likeness (QED) is 0.637. The molecule has 1 aliphatic rings. The number of hydrogen-bond donors (Lipinski definition) is 0. The third kappa shape index (κ3) is 4.66. The molecule has 0 aromatic rings. The predicted octanol–water partition coefficient (Wildman–Crippen LogP) is 3.63. The van der Waals surface area contributed by atoms with Gasteiger partial charge in [-0.15, -0.1) is 0 Å². The summed E-state index contributed by atoms with van der Waals surface area (Å²) in [5.74, 6) is 1.78. The number of rotatable bonds is 2. The zero-order chi connectivity index (χ0) is 9.90. The Morgan fingerprint density at radius 3 is 2.08 bits per heavy atom. The van der Waals surface area contributed by atoms with Gasteiger partial charge in [-0.05, 0) is 45.4 Å². The molecule has 0 saturated heterocycles. The van der Waals surface area contributed by atoms with E-state index in [-0.39, 0.29) is 5.60 Å². The van der Waals surface area contributed by atoms with Crippen LogP contribution in [0.15, 0.2) is 0 Å². The van der Waals surface area contributed by atoms with Gasteiger partial charge in [0.05, 0.1) is 12.2 Å². The lowest BCUT2D eigenvalue weighted by molar-refractivity contribution is -0.0297. The molecule has 13 heavy (non-hydrogen) atoms. The van der Waals surface area contributed by atoms with Crippen molar-refractivity contribution in [2.45, 2.75) is 59.0 Å². The summed E-state index contributed by atoms with van der Waals surface area (Å²) >= 11 is 0. The normalized spacial score (nSPS) is 30.5. The molecule has 0 bridgehead atoms. The van der Waals surface area contributed by atoms with Gasteiger partial charge in [0.25, 0.3) is 0 Å². The Morgan fingerprint density at radius 1 is 1.08 bits per heavy atom. The summed E-state index contributed by atoms with van der Waals surface area (Å²) in [6, 6.07) is 0. The summed E-state index contributed by atoms with van der Waals surface area (Å²) in [5.41, 5.74) is 0.0447. The van der Waals surface area contributed by atoms with E-state index in [0.29, 0.717) is 0 Å². The minimum absolute atomic E-state index is 0.0447. The molecule has 0 aromatic carbocycles. The summed E-state index contributed by atoms with van der Waals surface area (Å²) < 4.78 is 5.80. The average molecular weight is 184 g/mol. The van der Waals surface area contributed by atoms with Crippen LogP contribution >= 0.6 is 0 Å². The minimum Gasteiger partial charge on any atom is -0.376 e. The highest BCUT2D eigenvalue weighted by molar-refractivity contribution is 4.71. The van der Waals surface area contributed by atoms with Gasteiger partial charge in [-0.3, -0.25) is 0 Å². The molecule has 1 rings (SSSR count). The molecule has 78 valence electrons. The maximum Gasteiger partial charge on any atom is 0.0598 e. The van der Waals surface area contributed by atoms with Gasteiger partial charge in [0.2, 0.25) is 0 Å². The lowest BCUT2D eigenvalue weighted by atomic mass is 9.83. The Kier molecular flexibility index (Phi) is 3.78. The van der Waals surface area contributed by atoms with Crippen LogP contribution < -0.4 is 0 Å². The van der Waals surface area contributed by atoms with Crippen molar-refractivity contribution in [3.8, 4) is 0 Å². The van der Waals surface area contributed by atoms with Crippen LogP contribution in [0.5, 0.6) is 0 Å². The Hall–Kier alpha value is -0.0400. The second-order valence-corrected chi connectivity index (χ2v) is 5.55. The molecule has 0 radical (unpaired) electrons. The molecule has 1 fully saturated rings. The Morgan fingerprint density at radius 2 is 1.62 bits per heavy atom. The molecule has 1 nitrogen and oxygen atoms in total. The first-order chi connectivity index (χ1) is 5.97. The Labute approximate surface area is 82.9 Å². The van der Waals surface area contributed by atoms with Crippen LogP contribution in [0.1, 0.15) is 53.4 Å². The van der Waals surface area contributed by atoms with Crippen LogP contribution in [0.25, 0.3) is 0 Å². The summed E-state index contributed by atoms with van der Waals surface area (Å²) in [4.78, 5) is 0. The fourth-order valence-electron chi connectivity index (χ4n) is 1.86. The minimum atomic E-state index is 0.0447. The van der Waals surface area contributed by atoms with Crippen LogP contribution in [0.3, 0.4) is 0 Å². The fraction of sp³-hybridized carbons (Fsp3) is 1.00. The van der Waals surface area contributed by atoms with Gasteiger partial charge in [-0.1, -0.05) is 19.8 Å². The van der Waals surface area contributed by atoms with Gasteiger partial charge in [0, 0.05) is 0 Å². The van der Waals surface area contributed by atoms with E-state index in [2.05, 4.69) is 27.7 Å². The van der Waals surface area contributed by atoms with Gasteiger partial charge >= 0.3 is 0 Å². The third-order valence-electron chi connectivity index (χ3n) is 2.89. The first-order valence-corrected chi connectivity index (χ1v) is 5.61. The maximum atomic E-state index is 5.80. The van der Waals surface area contributed by atoms with Gasteiger partial charge in [-0.25, -0.2) is 0 Å². The zero-order valence-corrected chi connectivity index (χ0v) is 9.60. The lowest BCUT2D eigenvalue weighted by Crippen LogP contribution is -2.25. The predicted molar refractivity (Wildman–Crippen MR) is 56.8 cm³/mol. The number of hydrogen-bond acceptors (Lipinski definition) is 1. The molecule has 0 unspecified atom stereocenters. The molecule has 0 aromatic heterocycles. The van der Waals surface area contributed by atoms with E-state index >= 15 is 0 Å². The Balaban J connectivity index is 2.16. The van der Waals surface area contributed by atoms with E-state index in [0.717, 1.165) is 18.4 Å². The largest absolute Gasteiger partial charge is 0.376 e. The van der Waals surface area contributed by atoms with Gasteiger partial charge in [-0.2, -0.15) is 0 Å². The van der Waals surface area contributed by atoms with E-state index in [1.54, 1.807) is 0 Å². The highest BCUT2D eigenvalue weighted by Gasteiger charge is 2.20. The maximum absolute atomic E-state index is 5.80. The van der Waals surface area contributed by atoms with Crippen molar-refractivity contribution in [3.05, 3.63) is 0 Å². The van der Waals surface area contributed by atoms with Crippen molar-refractivity contribution in [1.29, 1.82) is 0 Å². The van der Waals surface area contributed by atoms with Gasteiger partial charge in [0.15, 0.2) is 0 Å². The van der Waals surface area contributed by atoms with E-state index < -0.39 is 0 Å². The highest BCUT2D eigenvalue weighted by Crippen LogP contribution is 2.29. The van der Waals surface area contributed by atoms with Crippen LogP contribution in [0, 0.1) is 11.8 Å². The molecule has 0 atom stereocenters. The van der Waals surface area contributed by atoms with Crippen LogP contribution in [-0.4, -0.2) is 12.2 Å². The van der Waals surface area contributed by atoms with E-state index in [9.17, 15) is 0 Å². The summed E-state index contributed by atoms with van der Waals surface area (Å²) in [6.45, 7) is 9.74. The van der Waals surface area contributed by atoms with Crippen molar-refractivity contribution in [2.24, 2.45) is 11.8 Å². The summed E-state index contributed by atoms with van der Waals surface area (Å²) in [5, 5.41) is 0. The highest BCUT2D eigenvalue weighted by atomic mass is 16.5. The summed E-state index contributed by atoms with van der Waals surface area (Å²) in [6.07, 6.45) is 5.55. The standard InChI is InChI=1S/C12H24O/c1-10-5-7-11(8-6-10)9-13-12(2,3)4/h10-11H,5-9H2,1-4H3/t10-,11-. The molecule has 1 aliphatic carbocycles. The van der Waals surface area contributed by atoms with Crippen LogP contribution in [-0.2, 0) is 4.74 Å². The first kappa shape index (κ1) is 11.0. The van der Waals surface area contributed by atoms with E-state index in [1.807, 2.05) is 0 Å². The van der Waals surface area contributed by atoms with Crippen molar-refractivity contribution in [3.63, 3.8) is 0 Å². The molecular weight excluding hydrogens is 160 g/mol. The molecule has 1 heteroatoms. The molecular formula is C12H24O. The van der Waals surface area contributed by atoms with Gasteiger partial charge in [0.1, 0.15) is 0 Å². The monoisotopic (exact) mass is 184 g/mol. The smallest absolute Gasteiger partial charge is 0.0598 e. The summed E-state index contributed by atoms with van der Waals surface area (Å²) in [7, 11) is 0. The fourth-order valence-corrected chi connectivity index (χ4v) is 1.86. The second kappa shape index (κ2) is 4.45. The third-order valence-corrected chi connectivity index (χ3v) is 2.89. The first-order valence-electron chi connectivity index (χ1n) is 5.61. The molecule has 0 heterocycles. The van der Waals surface area contributed by atoms with Crippen molar-refractivity contribution in [2.75, 3.05) is 6.61 Å². The second-order valence-electron chi connectivity index (χ2n) is 5.55. The zero-order valence-electron chi connectivity index (χ0n) is 9.60. The van der Waals surface area contributed by atoms with Crippen molar-refractivity contribution < 1.29 is 4.74 Å².